The maximum atomic E-state index is 7.78. The van der Waals surface area contributed by atoms with Crippen LogP contribution in [0.25, 0.3) is 0 Å². The van der Waals surface area contributed by atoms with Gasteiger partial charge in [-0.25, -0.2) is 0 Å². The number of nitrogens with two attached hydrogens (primary N) is 1. The monoisotopic (exact) mass is 301 g/mol. The van der Waals surface area contributed by atoms with Gasteiger partial charge in [0.1, 0.15) is 5.84 Å². The molecule has 0 aromatic heterocycles. The maximum Gasteiger partial charge on any atom is 0.124 e. The lowest BCUT2D eigenvalue weighted by molar-refractivity contribution is 0.682. The van der Waals surface area contributed by atoms with E-state index in [-0.39, 0.29) is 11.9 Å². The summed E-state index contributed by atoms with van der Waals surface area (Å²) in [7, 11) is 0. The van der Waals surface area contributed by atoms with Crippen LogP contribution in [0.15, 0.2) is 48.5 Å². The van der Waals surface area contributed by atoms with E-state index in [9.17, 15) is 0 Å². The highest BCUT2D eigenvalue weighted by molar-refractivity contribution is 6.31. The molecule has 0 atom stereocenters. The van der Waals surface area contributed by atoms with Gasteiger partial charge in [-0.2, -0.15) is 0 Å². The highest BCUT2D eigenvalue weighted by Crippen LogP contribution is 2.27. The second kappa shape index (κ2) is 6.64. The van der Waals surface area contributed by atoms with Crippen LogP contribution < -0.4 is 10.6 Å². The third kappa shape index (κ3) is 3.76. The predicted octanol–water partition coefficient (Wildman–Crippen LogP) is 4.04. The van der Waals surface area contributed by atoms with Crippen LogP contribution in [0.5, 0.6) is 0 Å². The number of anilines is 1. The molecule has 2 aromatic rings. The molecule has 0 saturated heterocycles. The standard InChI is InChI=1S/C17H20ClN3/c1-12(2)21(11-13-6-4-3-5-7-13)16-9-8-14(18)10-15(16)17(19)20/h3-10,12H,11H2,1-2H3,(H3,19,20). The zero-order valence-electron chi connectivity index (χ0n) is 12.3. The van der Waals surface area contributed by atoms with Gasteiger partial charge in [0.15, 0.2) is 0 Å². The van der Waals surface area contributed by atoms with E-state index in [1.807, 2.05) is 30.3 Å². The third-order valence-corrected chi connectivity index (χ3v) is 3.61. The summed E-state index contributed by atoms with van der Waals surface area (Å²) < 4.78 is 0. The van der Waals surface area contributed by atoms with Crippen LogP contribution in [0.1, 0.15) is 25.0 Å². The van der Waals surface area contributed by atoms with Gasteiger partial charge in [-0.05, 0) is 37.6 Å². The van der Waals surface area contributed by atoms with Gasteiger partial charge in [-0.15, -0.1) is 0 Å². The Morgan fingerprint density at radius 3 is 2.43 bits per heavy atom. The average molecular weight is 302 g/mol. The molecule has 0 aliphatic heterocycles. The molecule has 2 aromatic carbocycles. The van der Waals surface area contributed by atoms with Crippen molar-refractivity contribution in [3.63, 3.8) is 0 Å². The molecule has 0 aliphatic carbocycles. The fraction of sp³-hybridized carbons (Fsp3) is 0.235. The molecule has 0 bridgehead atoms. The summed E-state index contributed by atoms with van der Waals surface area (Å²) in [5, 5.41) is 8.37. The van der Waals surface area contributed by atoms with E-state index in [1.165, 1.54) is 5.56 Å². The molecule has 0 heterocycles. The number of nitrogens with zero attached hydrogens (tertiary/aromatic N) is 1. The second-order valence-corrected chi connectivity index (χ2v) is 5.72. The van der Waals surface area contributed by atoms with Crippen LogP contribution in [0.3, 0.4) is 0 Å². The molecule has 0 radical (unpaired) electrons. The van der Waals surface area contributed by atoms with Crippen LogP contribution in [-0.2, 0) is 6.54 Å². The zero-order valence-corrected chi connectivity index (χ0v) is 13.1. The highest BCUT2D eigenvalue weighted by Gasteiger charge is 2.16. The Bertz CT molecular complexity index is 623. The Balaban J connectivity index is 2.41. The minimum Gasteiger partial charge on any atom is -0.384 e. The Kier molecular flexibility index (Phi) is 4.86. The zero-order chi connectivity index (χ0) is 15.4. The Hall–Kier alpha value is -2.00. The van der Waals surface area contributed by atoms with E-state index in [0.29, 0.717) is 10.6 Å². The molecular formula is C17H20ClN3. The number of hydrogen-bond acceptors (Lipinski definition) is 2. The minimum absolute atomic E-state index is 0.0335. The summed E-state index contributed by atoms with van der Waals surface area (Å²) in [5.74, 6) is 0.0335. The summed E-state index contributed by atoms with van der Waals surface area (Å²) in [5.41, 5.74) is 8.54. The van der Waals surface area contributed by atoms with Gasteiger partial charge in [-0.1, -0.05) is 41.9 Å². The fourth-order valence-corrected chi connectivity index (χ4v) is 2.47. The Morgan fingerprint density at radius 1 is 1.19 bits per heavy atom. The largest absolute Gasteiger partial charge is 0.384 e. The SMILES string of the molecule is CC(C)N(Cc1ccccc1)c1ccc(Cl)cc1C(=N)N. The Morgan fingerprint density at radius 2 is 1.86 bits per heavy atom. The lowest BCUT2D eigenvalue weighted by atomic mass is 10.1. The van der Waals surface area contributed by atoms with Crippen LogP contribution in [0, 0.1) is 5.41 Å². The summed E-state index contributed by atoms with van der Waals surface area (Å²) in [6.07, 6.45) is 0. The average Bonchev–Trinajstić information content (AvgIpc) is 2.46. The Labute approximate surface area is 130 Å². The van der Waals surface area contributed by atoms with Crippen molar-refractivity contribution in [3.05, 3.63) is 64.7 Å². The number of nitrogens with one attached hydrogen (secondary N) is 1. The van der Waals surface area contributed by atoms with Gasteiger partial charge in [0.05, 0.1) is 0 Å². The minimum atomic E-state index is 0.0335. The van der Waals surface area contributed by atoms with Gasteiger partial charge in [-0.3, -0.25) is 5.41 Å². The molecule has 0 fully saturated rings. The van der Waals surface area contributed by atoms with Crippen molar-refractivity contribution in [2.24, 2.45) is 5.73 Å². The summed E-state index contributed by atoms with van der Waals surface area (Å²) in [4.78, 5) is 2.22. The molecule has 4 heteroatoms. The molecule has 0 amide bonds. The summed E-state index contributed by atoms with van der Waals surface area (Å²) in [6.45, 7) is 5.02. The third-order valence-electron chi connectivity index (χ3n) is 3.38. The van der Waals surface area contributed by atoms with Gasteiger partial charge < -0.3 is 10.6 Å². The van der Waals surface area contributed by atoms with Crippen LogP contribution in [-0.4, -0.2) is 11.9 Å². The molecule has 21 heavy (non-hydrogen) atoms. The maximum absolute atomic E-state index is 7.78. The van der Waals surface area contributed by atoms with Gasteiger partial charge in [0.2, 0.25) is 0 Å². The topological polar surface area (TPSA) is 53.1 Å². The van der Waals surface area contributed by atoms with Crippen molar-refractivity contribution in [1.82, 2.24) is 0 Å². The smallest absolute Gasteiger partial charge is 0.124 e. The summed E-state index contributed by atoms with van der Waals surface area (Å²) in [6, 6.07) is 16.1. The van der Waals surface area contributed by atoms with E-state index < -0.39 is 0 Å². The van der Waals surface area contributed by atoms with E-state index in [0.717, 1.165) is 12.2 Å². The molecule has 0 aliphatic rings. The van der Waals surface area contributed by atoms with Crippen LogP contribution in [0.2, 0.25) is 5.02 Å². The molecule has 3 nitrogen and oxygen atoms in total. The fourth-order valence-electron chi connectivity index (χ4n) is 2.30. The number of rotatable bonds is 5. The molecule has 2 rings (SSSR count). The van der Waals surface area contributed by atoms with Crippen molar-refractivity contribution in [2.75, 3.05) is 4.90 Å². The molecule has 3 N–H and O–H groups in total. The van der Waals surface area contributed by atoms with Crippen molar-refractivity contribution in [2.45, 2.75) is 26.4 Å². The van der Waals surface area contributed by atoms with Crippen molar-refractivity contribution >= 4 is 23.1 Å². The molecular weight excluding hydrogens is 282 g/mol. The first-order valence-electron chi connectivity index (χ1n) is 6.93. The number of benzene rings is 2. The number of hydrogen-bond donors (Lipinski definition) is 2. The van der Waals surface area contributed by atoms with E-state index in [4.69, 9.17) is 22.7 Å². The highest BCUT2D eigenvalue weighted by atomic mass is 35.5. The van der Waals surface area contributed by atoms with Gasteiger partial charge >= 0.3 is 0 Å². The molecule has 0 unspecified atom stereocenters. The number of nitrogen functional groups attached to an aromatic ring is 1. The molecule has 0 saturated carbocycles. The molecule has 110 valence electrons. The van der Waals surface area contributed by atoms with Crippen LogP contribution in [0.4, 0.5) is 5.69 Å². The molecule has 0 spiro atoms. The summed E-state index contributed by atoms with van der Waals surface area (Å²) >= 11 is 6.03. The van der Waals surface area contributed by atoms with Gasteiger partial charge in [0.25, 0.3) is 0 Å². The second-order valence-electron chi connectivity index (χ2n) is 5.28. The first kappa shape index (κ1) is 15.4. The number of amidine groups is 1. The van der Waals surface area contributed by atoms with Crippen molar-refractivity contribution < 1.29 is 0 Å². The van der Waals surface area contributed by atoms with Gasteiger partial charge in [0, 0.05) is 28.9 Å². The van der Waals surface area contributed by atoms with E-state index in [1.54, 1.807) is 6.07 Å². The predicted molar refractivity (Wildman–Crippen MR) is 90.2 cm³/mol. The van der Waals surface area contributed by atoms with Crippen molar-refractivity contribution in [3.8, 4) is 0 Å². The normalized spacial score (nSPS) is 10.7. The van der Waals surface area contributed by atoms with E-state index >= 15 is 0 Å². The van der Waals surface area contributed by atoms with Crippen molar-refractivity contribution in [1.29, 1.82) is 5.41 Å². The quantitative estimate of drug-likeness (QED) is 0.647. The lowest BCUT2D eigenvalue weighted by Gasteiger charge is -2.31. The number of halogens is 1. The first-order chi connectivity index (χ1) is 9.99. The lowest BCUT2D eigenvalue weighted by Crippen LogP contribution is -2.32. The van der Waals surface area contributed by atoms with Crippen LogP contribution >= 0.6 is 11.6 Å². The van der Waals surface area contributed by atoms with E-state index in [2.05, 4.69) is 30.9 Å². The first-order valence-corrected chi connectivity index (χ1v) is 7.31.